The van der Waals surface area contributed by atoms with Gasteiger partial charge >= 0.3 is 0 Å². The molecule has 0 unspecified atom stereocenters. The highest BCUT2D eigenvalue weighted by atomic mass is 32.2. The molecule has 1 aliphatic carbocycles. The maximum atomic E-state index is 13.2. The smallest absolute Gasteiger partial charge is 0.206 e. The van der Waals surface area contributed by atoms with Gasteiger partial charge in [-0.05, 0) is 115 Å². The van der Waals surface area contributed by atoms with Gasteiger partial charge in [-0.2, -0.15) is 0 Å². The molecule has 0 spiro atoms. The van der Waals surface area contributed by atoms with Gasteiger partial charge in [0.2, 0.25) is 9.84 Å². The van der Waals surface area contributed by atoms with E-state index in [1.807, 2.05) is 25.1 Å². The summed E-state index contributed by atoms with van der Waals surface area (Å²) in [5, 5.41) is 30.4. The van der Waals surface area contributed by atoms with Crippen LogP contribution in [0.2, 0.25) is 0 Å². The van der Waals surface area contributed by atoms with Crippen molar-refractivity contribution in [2.45, 2.75) is 87.6 Å². The van der Waals surface area contributed by atoms with Crippen LogP contribution in [0.15, 0.2) is 94.7 Å². The predicted molar refractivity (Wildman–Crippen MR) is 186 cm³/mol. The maximum Gasteiger partial charge on any atom is 0.206 e. The van der Waals surface area contributed by atoms with Gasteiger partial charge in [0.15, 0.2) is 0 Å². The Labute approximate surface area is 288 Å². The first-order valence-corrected chi connectivity index (χ1v) is 17.8. The summed E-state index contributed by atoms with van der Waals surface area (Å²) in [4.78, 5) is 11.6. The van der Waals surface area contributed by atoms with Crippen LogP contribution in [-0.2, 0) is 31.6 Å². The van der Waals surface area contributed by atoms with Crippen molar-refractivity contribution < 1.29 is 43.0 Å². The average Bonchev–Trinajstić information content (AvgIpc) is 3.07. The normalized spacial score (nSPS) is 21.4. The predicted octanol–water partition coefficient (Wildman–Crippen LogP) is 6.59. The summed E-state index contributed by atoms with van der Waals surface area (Å²) in [6, 6.07) is 24.8. The minimum atomic E-state index is -3.75. The number of hydrogen-bond donors (Lipinski definition) is 3. The fraction of sp³-hybridized carbons (Fsp3) is 0.385. The fourth-order valence-electron chi connectivity index (χ4n) is 6.18. The molecule has 4 aromatic carbocycles. The van der Waals surface area contributed by atoms with Crippen molar-refractivity contribution in [1.82, 2.24) is 0 Å². The molecule has 10 heteroatoms. The third-order valence-corrected chi connectivity index (χ3v) is 11.4. The molecule has 5 rings (SSSR count). The zero-order valence-corrected chi connectivity index (χ0v) is 29.7. The Kier molecular flexibility index (Phi) is 10.9. The molecule has 0 aromatic heterocycles. The standard InChI is InChI=1S/C39H46O9S/c1-25-7-8-28(19-26(25)2)38(3,4)29-9-18-36(27(20-29)23-46-47-24-39(5)21-34(40)37(42)35(41)22-39)48-31-12-16-33(17-13-31)49(43,44)32-14-10-30(45-6)11-15-32/h7-20,34-35,37,40-42H,21-24H2,1-6H3/t34-,35-,37-,39-/m1/s1. The number of methoxy groups -OCH3 is 1. The van der Waals surface area contributed by atoms with E-state index in [9.17, 15) is 23.7 Å². The molecule has 262 valence electrons. The molecular weight excluding hydrogens is 644 g/mol. The molecule has 1 saturated carbocycles. The van der Waals surface area contributed by atoms with Gasteiger partial charge in [-0.25, -0.2) is 18.2 Å². The van der Waals surface area contributed by atoms with Gasteiger partial charge in [-0.1, -0.05) is 45.0 Å². The quantitative estimate of drug-likeness (QED) is 0.0856. The van der Waals surface area contributed by atoms with Gasteiger partial charge in [0.1, 0.15) is 30.0 Å². The zero-order valence-electron chi connectivity index (χ0n) is 28.8. The van der Waals surface area contributed by atoms with Crippen LogP contribution in [0.5, 0.6) is 17.2 Å². The van der Waals surface area contributed by atoms with Gasteiger partial charge in [0.05, 0.1) is 35.7 Å². The number of ether oxygens (including phenoxy) is 2. The first-order valence-electron chi connectivity index (χ1n) is 16.3. The highest BCUT2D eigenvalue weighted by Gasteiger charge is 2.42. The van der Waals surface area contributed by atoms with Crippen LogP contribution in [0.25, 0.3) is 0 Å². The first kappa shape index (κ1) is 36.5. The number of benzene rings is 4. The number of aliphatic hydroxyl groups is 3. The van der Waals surface area contributed by atoms with Crippen LogP contribution in [0.4, 0.5) is 0 Å². The second-order valence-electron chi connectivity index (χ2n) is 13.9. The molecule has 0 radical (unpaired) electrons. The van der Waals surface area contributed by atoms with Crippen molar-refractivity contribution in [1.29, 1.82) is 0 Å². The molecule has 0 amide bonds. The van der Waals surface area contributed by atoms with Crippen molar-refractivity contribution in [2.75, 3.05) is 13.7 Å². The van der Waals surface area contributed by atoms with Crippen LogP contribution < -0.4 is 9.47 Å². The van der Waals surface area contributed by atoms with E-state index in [0.717, 1.165) is 11.1 Å². The number of aryl methyl sites for hydroxylation is 2. The second kappa shape index (κ2) is 14.6. The van der Waals surface area contributed by atoms with Crippen molar-refractivity contribution in [3.63, 3.8) is 0 Å². The van der Waals surface area contributed by atoms with Gasteiger partial charge < -0.3 is 24.8 Å². The Hall–Kier alpha value is -3.77. The minimum absolute atomic E-state index is 0.0277. The molecular formula is C39H46O9S. The fourth-order valence-corrected chi connectivity index (χ4v) is 7.44. The Morgan fingerprint density at radius 3 is 1.88 bits per heavy atom. The monoisotopic (exact) mass is 690 g/mol. The summed E-state index contributed by atoms with van der Waals surface area (Å²) in [7, 11) is -2.23. The lowest BCUT2D eigenvalue weighted by atomic mass is 9.72. The Morgan fingerprint density at radius 1 is 0.755 bits per heavy atom. The van der Waals surface area contributed by atoms with Crippen LogP contribution >= 0.6 is 0 Å². The van der Waals surface area contributed by atoms with E-state index in [4.69, 9.17) is 19.2 Å². The molecule has 1 aliphatic rings. The third-order valence-electron chi connectivity index (χ3n) is 9.64. The highest BCUT2D eigenvalue weighted by molar-refractivity contribution is 7.91. The summed E-state index contributed by atoms with van der Waals surface area (Å²) < 4.78 is 37.9. The second-order valence-corrected chi connectivity index (χ2v) is 15.8. The number of rotatable bonds is 12. The maximum absolute atomic E-state index is 13.2. The summed E-state index contributed by atoms with van der Waals surface area (Å²) in [6.45, 7) is 10.5. The largest absolute Gasteiger partial charge is 0.497 e. The molecule has 1 fully saturated rings. The van der Waals surface area contributed by atoms with Crippen LogP contribution in [-0.4, -0.2) is 55.8 Å². The minimum Gasteiger partial charge on any atom is -0.497 e. The Morgan fingerprint density at radius 2 is 1.31 bits per heavy atom. The van der Waals surface area contributed by atoms with Crippen molar-refractivity contribution in [2.24, 2.45) is 5.41 Å². The van der Waals surface area contributed by atoms with E-state index in [1.165, 1.54) is 42.5 Å². The van der Waals surface area contributed by atoms with Crippen molar-refractivity contribution in [3.8, 4) is 17.2 Å². The van der Waals surface area contributed by atoms with E-state index < -0.39 is 33.6 Å². The van der Waals surface area contributed by atoms with Gasteiger partial charge in [-0.15, -0.1) is 0 Å². The molecule has 9 nitrogen and oxygen atoms in total. The molecule has 0 heterocycles. The SMILES string of the molecule is COc1ccc(S(=O)(=O)c2ccc(Oc3ccc(C(C)(C)c4ccc(C)c(C)c4)cc3COOC[C@]3(C)C[C@@H](O)[C@@H](O)[C@H](O)C3)cc2)cc1. The summed E-state index contributed by atoms with van der Waals surface area (Å²) in [5.41, 5.74) is 4.37. The number of aliphatic hydroxyl groups excluding tert-OH is 3. The molecule has 2 atom stereocenters. The topological polar surface area (TPSA) is 132 Å². The zero-order chi connectivity index (χ0) is 35.6. The van der Waals surface area contributed by atoms with Crippen molar-refractivity contribution in [3.05, 3.63) is 113 Å². The molecule has 49 heavy (non-hydrogen) atoms. The van der Waals surface area contributed by atoms with E-state index in [1.54, 1.807) is 24.3 Å². The van der Waals surface area contributed by atoms with Gasteiger partial charge in [0, 0.05) is 11.0 Å². The Bertz CT molecular complexity index is 1840. The molecule has 3 N–H and O–H groups in total. The number of hydrogen-bond acceptors (Lipinski definition) is 9. The van der Waals surface area contributed by atoms with Gasteiger partial charge in [-0.3, -0.25) is 0 Å². The summed E-state index contributed by atoms with van der Waals surface area (Å²) >= 11 is 0. The van der Waals surface area contributed by atoms with Gasteiger partial charge in [0.25, 0.3) is 0 Å². The van der Waals surface area contributed by atoms with Crippen LogP contribution in [0.1, 0.15) is 61.4 Å². The van der Waals surface area contributed by atoms with Crippen LogP contribution in [0, 0.1) is 19.3 Å². The van der Waals surface area contributed by atoms with E-state index in [0.29, 0.717) is 22.8 Å². The lowest BCUT2D eigenvalue weighted by molar-refractivity contribution is -0.323. The van der Waals surface area contributed by atoms with E-state index in [-0.39, 0.29) is 41.3 Å². The molecule has 0 saturated heterocycles. The highest BCUT2D eigenvalue weighted by Crippen LogP contribution is 2.39. The molecule has 4 aromatic rings. The van der Waals surface area contributed by atoms with E-state index in [2.05, 4.69) is 45.9 Å². The molecule has 0 aliphatic heterocycles. The van der Waals surface area contributed by atoms with Crippen LogP contribution in [0.3, 0.4) is 0 Å². The average molecular weight is 691 g/mol. The first-order chi connectivity index (χ1) is 23.1. The molecule has 0 bridgehead atoms. The summed E-state index contributed by atoms with van der Waals surface area (Å²) in [6.07, 6.45) is -2.79. The lowest BCUT2D eigenvalue weighted by Gasteiger charge is -2.40. The Balaban J connectivity index is 1.38. The summed E-state index contributed by atoms with van der Waals surface area (Å²) in [5.74, 6) is 1.51. The van der Waals surface area contributed by atoms with E-state index >= 15 is 0 Å². The third kappa shape index (κ3) is 8.17. The van der Waals surface area contributed by atoms with Crippen molar-refractivity contribution >= 4 is 9.84 Å². The number of sulfone groups is 1. The lowest BCUT2D eigenvalue weighted by Crippen LogP contribution is -2.49.